The number of hydrogen-bond acceptors (Lipinski definition) is 2. The summed E-state index contributed by atoms with van der Waals surface area (Å²) < 4.78 is 0. The van der Waals surface area contributed by atoms with Crippen LogP contribution in [0.3, 0.4) is 0 Å². The Kier molecular flexibility index (Phi) is 6.48. The van der Waals surface area contributed by atoms with Gasteiger partial charge in [-0.05, 0) is 104 Å². The third-order valence-electron chi connectivity index (χ3n) is 12.0. The monoisotopic (exact) mass is 429 g/mol. The molecule has 4 rings (SSSR count). The summed E-state index contributed by atoms with van der Waals surface area (Å²) in [5.41, 5.74) is 7.52. The van der Waals surface area contributed by atoms with Crippen molar-refractivity contribution in [1.29, 1.82) is 0 Å². The Bertz CT molecular complexity index is 672. The SMILES string of the molecule is CC[C@H](CC[C@@H](C)[C@H]1CCC2[C@@H]3CC[C@]4(N)CC(=O)CC[C@]4(C)C3CC[C@@]21C)C(C)C. The lowest BCUT2D eigenvalue weighted by Gasteiger charge is -2.64. The van der Waals surface area contributed by atoms with Crippen molar-refractivity contribution < 1.29 is 4.79 Å². The summed E-state index contributed by atoms with van der Waals surface area (Å²) in [6.07, 6.45) is 14.6. The summed E-state index contributed by atoms with van der Waals surface area (Å²) in [7, 11) is 0. The standard InChI is InChI=1S/C29H51NO/c1-7-21(19(2)3)9-8-20(4)24-10-11-25-23-13-17-29(30)18-22(31)12-16-28(29,6)26(23)14-15-27(24,25)5/h19-21,23-26H,7-18,30H2,1-6H3/t20-,21-,23+,24-,25?,26?,27-,28-,29+/m1/s1. The zero-order chi connectivity index (χ0) is 22.6. The number of hydrogen-bond donors (Lipinski definition) is 1. The molecule has 2 N–H and O–H groups in total. The van der Waals surface area contributed by atoms with Crippen LogP contribution in [0.1, 0.15) is 119 Å². The minimum absolute atomic E-state index is 0.181. The lowest BCUT2D eigenvalue weighted by molar-refractivity contribution is -0.145. The van der Waals surface area contributed by atoms with Crippen molar-refractivity contribution in [2.24, 2.45) is 58.0 Å². The maximum absolute atomic E-state index is 12.3. The molecule has 0 radical (unpaired) electrons. The number of ketones is 1. The summed E-state index contributed by atoms with van der Waals surface area (Å²) in [5, 5.41) is 0. The number of fused-ring (bicyclic) bond motifs is 5. The normalized spacial score (nSPS) is 46.9. The van der Waals surface area contributed by atoms with Gasteiger partial charge in [-0.25, -0.2) is 0 Å². The molecular weight excluding hydrogens is 378 g/mol. The molecule has 2 nitrogen and oxygen atoms in total. The van der Waals surface area contributed by atoms with E-state index in [1.807, 2.05) is 0 Å². The van der Waals surface area contributed by atoms with E-state index in [1.165, 1.54) is 51.4 Å². The van der Waals surface area contributed by atoms with E-state index < -0.39 is 0 Å². The highest BCUT2D eigenvalue weighted by Gasteiger charge is 2.64. The highest BCUT2D eigenvalue weighted by molar-refractivity contribution is 5.81. The van der Waals surface area contributed by atoms with E-state index in [-0.39, 0.29) is 11.0 Å². The summed E-state index contributed by atoms with van der Waals surface area (Å²) in [6, 6.07) is 0. The van der Waals surface area contributed by atoms with E-state index in [0.717, 1.165) is 60.7 Å². The second-order valence-electron chi connectivity index (χ2n) is 13.4. The maximum atomic E-state index is 12.3. The molecule has 4 fully saturated rings. The number of Topliss-reactive ketones (excluding diaryl/α,β-unsaturated/α-hetero) is 1. The first kappa shape index (κ1) is 23.8. The molecule has 9 atom stereocenters. The topological polar surface area (TPSA) is 43.1 Å². The molecule has 2 heteroatoms. The first-order chi connectivity index (χ1) is 14.6. The van der Waals surface area contributed by atoms with E-state index in [1.54, 1.807) is 0 Å². The Labute approximate surface area is 192 Å². The average Bonchev–Trinajstić information content (AvgIpc) is 3.06. The predicted molar refractivity (Wildman–Crippen MR) is 131 cm³/mol. The molecule has 4 saturated carbocycles. The van der Waals surface area contributed by atoms with Crippen LogP contribution in [-0.2, 0) is 4.79 Å². The van der Waals surface area contributed by atoms with Gasteiger partial charge in [-0.15, -0.1) is 0 Å². The number of rotatable bonds is 6. The van der Waals surface area contributed by atoms with E-state index in [0.29, 0.717) is 17.6 Å². The Morgan fingerprint density at radius 2 is 1.71 bits per heavy atom. The Morgan fingerprint density at radius 1 is 0.968 bits per heavy atom. The van der Waals surface area contributed by atoms with E-state index in [2.05, 4.69) is 41.5 Å². The summed E-state index contributed by atoms with van der Waals surface area (Å²) in [5.74, 6) is 6.40. The molecule has 178 valence electrons. The molecule has 0 saturated heterocycles. The highest BCUT2D eigenvalue weighted by atomic mass is 16.1. The molecule has 0 bridgehead atoms. The van der Waals surface area contributed by atoms with Crippen molar-refractivity contribution in [3.8, 4) is 0 Å². The van der Waals surface area contributed by atoms with Gasteiger partial charge in [0.1, 0.15) is 5.78 Å². The van der Waals surface area contributed by atoms with Gasteiger partial charge in [0.15, 0.2) is 0 Å². The molecule has 0 amide bonds. The fraction of sp³-hybridized carbons (Fsp3) is 0.966. The van der Waals surface area contributed by atoms with Crippen LogP contribution >= 0.6 is 0 Å². The molecule has 31 heavy (non-hydrogen) atoms. The summed E-state index contributed by atoms with van der Waals surface area (Å²) in [6.45, 7) is 14.9. The second-order valence-corrected chi connectivity index (χ2v) is 13.4. The van der Waals surface area contributed by atoms with Crippen molar-refractivity contribution in [2.75, 3.05) is 0 Å². The minimum atomic E-state index is -0.228. The number of nitrogens with two attached hydrogens (primary N) is 1. The van der Waals surface area contributed by atoms with E-state index >= 15 is 0 Å². The molecule has 0 aromatic rings. The fourth-order valence-corrected chi connectivity index (χ4v) is 9.79. The third kappa shape index (κ3) is 3.75. The van der Waals surface area contributed by atoms with Crippen molar-refractivity contribution in [2.45, 2.75) is 124 Å². The van der Waals surface area contributed by atoms with Gasteiger partial charge in [0, 0.05) is 18.4 Å². The molecule has 4 aliphatic carbocycles. The van der Waals surface area contributed by atoms with Crippen LogP contribution in [0.2, 0.25) is 0 Å². The lowest BCUT2D eigenvalue weighted by Crippen LogP contribution is -2.66. The maximum Gasteiger partial charge on any atom is 0.134 e. The van der Waals surface area contributed by atoms with Gasteiger partial charge in [-0.3, -0.25) is 4.79 Å². The van der Waals surface area contributed by atoms with Gasteiger partial charge in [-0.1, -0.05) is 54.4 Å². The first-order valence-corrected chi connectivity index (χ1v) is 13.9. The van der Waals surface area contributed by atoms with Crippen LogP contribution < -0.4 is 5.73 Å². The molecule has 0 aromatic carbocycles. The van der Waals surface area contributed by atoms with Crippen LogP contribution in [0.5, 0.6) is 0 Å². The van der Waals surface area contributed by atoms with Gasteiger partial charge < -0.3 is 5.73 Å². The molecular formula is C29H51NO. The van der Waals surface area contributed by atoms with Crippen LogP contribution in [0.4, 0.5) is 0 Å². The molecule has 2 unspecified atom stereocenters. The Hall–Kier alpha value is -0.370. The van der Waals surface area contributed by atoms with Gasteiger partial charge in [0.05, 0.1) is 0 Å². The predicted octanol–water partition coefficient (Wildman–Crippen LogP) is 7.39. The van der Waals surface area contributed by atoms with Crippen molar-refractivity contribution in [3.63, 3.8) is 0 Å². The van der Waals surface area contributed by atoms with Crippen LogP contribution in [-0.4, -0.2) is 11.3 Å². The zero-order valence-corrected chi connectivity index (χ0v) is 21.5. The van der Waals surface area contributed by atoms with Gasteiger partial charge >= 0.3 is 0 Å². The Morgan fingerprint density at radius 3 is 2.39 bits per heavy atom. The summed E-state index contributed by atoms with van der Waals surface area (Å²) in [4.78, 5) is 12.3. The number of carbonyl (C=O) groups is 1. The quantitative estimate of drug-likeness (QED) is 0.478. The smallest absolute Gasteiger partial charge is 0.134 e. The van der Waals surface area contributed by atoms with Crippen LogP contribution in [0.25, 0.3) is 0 Å². The third-order valence-corrected chi connectivity index (χ3v) is 12.0. The van der Waals surface area contributed by atoms with Crippen LogP contribution in [0, 0.1) is 52.3 Å². The molecule has 0 aromatic heterocycles. The van der Waals surface area contributed by atoms with E-state index in [9.17, 15) is 4.79 Å². The van der Waals surface area contributed by atoms with E-state index in [4.69, 9.17) is 5.73 Å². The average molecular weight is 430 g/mol. The second kappa shape index (κ2) is 8.44. The van der Waals surface area contributed by atoms with Gasteiger partial charge in [-0.2, -0.15) is 0 Å². The minimum Gasteiger partial charge on any atom is -0.324 e. The highest BCUT2D eigenvalue weighted by Crippen LogP contribution is 2.68. The first-order valence-electron chi connectivity index (χ1n) is 13.9. The molecule has 0 heterocycles. The molecule has 0 aliphatic heterocycles. The van der Waals surface area contributed by atoms with Crippen LogP contribution in [0.15, 0.2) is 0 Å². The molecule has 4 aliphatic rings. The van der Waals surface area contributed by atoms with Gasteiger partial charge in [0.2, 0.25) is 0 Å². The zero-order valence-electron chi connectivity index (χ0n) is 21.5. The lowest BCUT2D eigenvalue weighted by atomic mass is 9.42. The number of carbonyl (C=O) groups excluding carboxylic acids is 1. The fourth-order valence-electron chi connectivity index (χ4n) is 9.79. The van der Waals surface area contributed by atoms with Crippen molar-refractivity contribution in [3.05, 3.63) is 0 Å². The Balaban J connectivity index is 1.48. The molecule has 0 spiro atoms. The summed E-state index contributed by atoms with van der Waals surface area (Å²) >= 11 is 0. The van der Waals surface area contributed by atoms with Crippen molar-refractivity contribution in [1.82, 2.24) is 0 Å². The van der Waals surface area contributed by atoms with Gasteiger partial charge in [0.25, 0.3) is 0 Å². The largest absolute Gasteiger partial charge is 0.324 e. The van der Waals surface area contributed by atoms with Crippen molar-refractivity contribution >= 4 is 5.78 Å².